The van der Waals surface area contributed by atoms with Gasteiger partial charge in [-0.3, -0.25) is 0 Å². The van der Waals surface area contributed by atoms with E-state index in [0.29, 0.717) is 0 Å². The standard InChI is InChI=1S/C10H20O2/c1-8(2)9(12)10(7-11)5-3-4-6-10/h8-9,11-12H,3-7H2,1-2H3/t9-/m1/s1. The fourth-order valence-electron chi connectivity index (χ4n) is 2.33. The predicted octanol–water partition coefficient (Wildman–Crippen LogP) is 1.56. The van der Waals surface area contributed by atoms with Crippen LogP contribution >= 0.6 is 0 Å². The van der Waals surface area contributed by atoms with Gasteiger partial charge in [-0.25, -0.2) is 0 Å². The van der Waals surface area contributed by atoms with E-state index < -0.39 is 0 Å². The summed E-state index contributed by atoms with van der Waals surface area (Å²) >= 11 is 0. The normalized spacial score (nSPS) is 24.8. The first-order valence-electron chi connectivity index (χ1n) is 4.91. The zero-order chi connectivity index (χ0) is 9.19. The first-order valence-corrected chi connectivity index (χ1v) is 4.91. The van der Waals surface area contributed by atoms with Crippen LogP contribution in [-0.2, 0) is 0 Å². The van der Waals surface area contributed by atoms with Crippen LogP contribution in [0, 0.1) is 11.3 Å². The van der Waals surface area contributed by atoms with Crippen molar-refractivity contribution in [2.45, 2.75) is 45.6 Å². The predicted molar refractivity (Wildman–Crippen MR) is 48.8 cm³/mol. The van der Waals surface area contributed by atoms with E-state index >= 15 is 0 Å². The van der Waals surface area contributed by atoms with Crippen LogP contribution in [0.15, 0.2) is 0 Å². The molecule has 0 aromatic carbocycles. The van der Waals surface area contributed by atoms with Crippen molar-refractivity contribution in [1.82, 2.24) is 0 Å². The maximum Gasteiger partial charge on any atom is 0.0641 e. The highest BCUT2D eigenvalue weighted by molar-refractivity contribution is 4.91. The number of aliphatic hydroxyl groups excluding tert-OH is 2. The Labute approximate surface area is 74.6 Å². The van der Waals surface area contributed by atoms with Crippen LogP contribution in [0.2, 0.25) is 0 Å². The molecule has 1 atom stereocenters. The van der Waals surface area contributed by atoms with Crippen LogP contribution in [-0.4, -0.2) is 22.9 Å². The minimum atomic E-state index is -0.329. The van der Waals surface area contributed by atoms with E-state index in [0.717, 1.165) is 25.7 Å². The molecule has 0 unspecified atom stereocenters. The fourth-order valence-corrected chi connectivity index (χ4v) is 2.33. The lowest BCUT2D eigenvalue weighted by Crippen LogP contribution is -2.39. The molecule has 72 valence electrons. The van der Waals surface area contributed by atoms with Crippen molar-refractivity contribution < 1.29 is 10.2 Å². The topological polar surface area (TPSA) is 40.5 Å². The van der Waals surface area contributed by atoms with Gasteiger partial charge < -0.3 is 10.2 Å². The highest BCUT2D eigenvalue weighted by Crippen LogP contribution is 2.42. The van der Waals surface area contributed by atoms with Crippen LogP contribution in [0.5, 0.6) is 0 Å². The average Bonchev–Trinajstić information content (AvgIpc) is 2.52. The van der Waals surface area contributed by atoms with Crippen LogP contribution in [0.4, 0.5) is 0 Å². The SMILES string of the molecule is CC(C)[C@@H](O)C1(CO)CCCC1. The Hall–Kier alpha value is -0.0800. The lowest BCUT2D eigenvalue weighted by Gasteiger charge is -2.34. The largest absolute Gasteiger partial charge is 0.396 e. The van der Waals surface area contributed by atoms with Crippen molar-refractivity contribution in [2.24, 2.45) is 11.3 Å². The highest BCUT2D eigenvalue weighted by Gasteiger charge is 2.41. The number of hydrogen-bond acceptors (Lipinski definition) is 2. The summed E-state index contributed by atoms with van der Waals surface area (Å²) in [5.41, 5.74) is -0.172. The van der Waals surface area contributed by atoms with E-state index in [1.807, 2.05) is 13.8 Å². The molecule has 0 aromatic rings. The van der Waals surface area contributed by atoms with Crippen molar-refractivity contribution in [2.75, 3.05) is 6.61 Å². The molecule has 1 rings (SSSR count). The van der Waals surface area contributed by atoms with Crippen LogP contribution in [0.3, 0.4) is 0 Å². The summed E-state index contributed by atoms with van der Waals surface area (Å²) in [6, 6.07) is 0. The fraction of sp³-hybridized carbons (Fsp3) is 1.00. The maximum absolute atomic E-state index is 9.92. The van der Waals surface area contributed by atoms with Crippen molar-refractivity contribution >= 4 is 0 Å². The second-order valence-corrected chi connectivity index (χ2v) is 4.42. The van der Waals surface area contributed by atoms with Gasteiger partial charge in [-0.05, 0) is 18.8 Å². The molecule has 0 heterocycles. The number of aliphatic hydroxyl groups is 2. The molecule has 2 nitrogen and oxygen atoms in total. The van der Waals surface area contributed by atoms with Gasteiger partial charge in [0.05, 0.1) is 12.7 Å². The second kappa shape index (κ2) is 3.75. The average molecular weight is 172 g/mol. The number of hydrogen-bond donors (Lipinski definition) is 2. The van der Waals surface area contributed by atoms with Gasteiger partial charge in [-0.15, -0.1) is 0 Å². The molecule has 2 heteroatoms. The molecule has 2 N–H and O–H groups in total. The first-order chi connectivity index (χ1) is 5.62. The van der Waals surface area contributed by atoms with Gasteiger partial charge in [0.2, 0.25) is 0 Å². The highest BCUT2D eigenvalue weighted by atomic mass is 16.3. The van der Waals surface area contributed by atoms with E-state index in [9.17, 15) is 10.2 Å². The molecule has 1 aliphatic carbocycles. The zero-order valence-electron chi connectivity index (χ0n) is 8.08. The first kappa shape index (κ1) is 10.0. The molecule has 1 saturated carbocycles. The molecular formula is C10H20O2. The monoisotopic (exact) mass is 172 g/mol. The molecule has 0 aromatic heterocycles. The van der Waals surface area contributed by atoms with Crippen molar-refractivity contribution in [3.05, 3.63) is 0 Å². The molecule has 1 fully saturated rings. The van der Waals surface area contributed by atoms with E-state index in [1.54, 1.807) is 0 Å². The maximum atomic E-state index is 9.92. The summed E-state index contributed by atoms with van der Waals surface area (Å²) in [7, 11) is 0. The Bertz CT molecular complexity index is 137. The summed E-state index contributed by atoms with van der Waals surface area (Å²) in [5, 5.41) is 19.2. The van der Waals surface area contributed by atoms with Crippen LogP contribution in [0.25, 0.3) is 0 Å². The third kappa shape index (κ3) is 1.64. The van der Waals surface area contributed by atoms with E-state index in [1.165, 1.54) is 0 Å². The minimum Gasteiger partial charge on any atom is -0.396 e. The summed E-state index contributed by atoms with van der Waals surface area (Å²) in [5.74, 6) is 0.259. The molecule has 0 radical (unpaired) electrons. The van der Waals surface area contributed by atoms with Gasteiger partial charge in [0.25, 0.3) is 0 Å². The Balaban J connectivity index is 2.65. The third-order valence-corrected chi connectivity index (χ3v) is 3.17. The molecular weight excluding hydrogens is 152 g/mol. The second-order valence-electron chi connectivity index (χ2n) is 4.42. The molecule has 0 spiro atoms. The van der Waals surface area contributed by atoms with Crippen molar-refractivity contribution in [1.29, 1.82) is 0 Å². The molecule has 0 saturated heterocycles. The zero-order valence-corrected chi connectivity index (χ0v) is 8.08. The van der Waals surface area contributed by atoms with E-state index in [4.69, 9.17) is 0 Å². The summed E-state index contributed by atoms with van der Waals surface area (Å²) in [4.78, 5) is 0. The Kier molecular flexibility index (Phi) is 3.13. The Morgan fingerprint density at radius 3 is 2.08 bits per heavy atom. The quantitative estimate of drug-likeness (QED) is 0.678. The van der Waals surface area contributed by atoms with E-state index in [2.05, 4.69) is 0 Å². The smallest absolute Gasteiger partial charge is 0.0641 e. The molecule has 0 aliphatic heterocycles. The summed E-state index contributed by atoms with van der Waals surface area (Å²) < 4.78 is 0. The lowest BCUT2D eigenvalue weighted by atomic mass is 9.76. The summed E-state index contributed by atoms with van der Waals surface area (Å²) in [6.45, 7) is 4.17. The molecule has 1 aliphatic rings. The van der Waals surface area contributed by atoms with Crippen LogP contribution in [0.1, 0.15) is 39.5 Å². The molecule has 0 bridgehead atoms. The van der Waals surface area contributed by atoms with Crippen molar-refractivity contribution in [3.8, 4) is 0 Å². The van der Waals surface area contributed by atoms with Crippen LogP contribution < -0.4 is 0 Å². The van der Waals surface area contributed by atoms with Gasteiger partial charge in [-0.2, -0.15) is 0 Å². The molecule has 12 heavy (non-hydrogen) atoms. The van der Waals surface area contributed by atoms with Gasteiger partial charge >= 0.3 is 0 Å². The van der Waals surface area contributed by atoms with Gasteiger partial charge in [-0.1, -0.05) is 26.7 Å². The van der Waals surface area contributed by atoms with Crippen molar-refractivity contribution in [3.63, 3.8) is 0 Å². The number of rotatable bonds is 3. The Morgan fingerprint density at radius 1 is 1.25 bits per heavy atom. The third-order valence-electron chi connectivity index (χ3n) is 3.17. The molecule has 0 amide bonds. The van der Waals surface area contributed by atoms with E-state index in [-0.39, 0.29) is 24.0 Å². The Morgan fingerprint density at radius 2 is 1.75 bits per heavy atom. The summed E-state index contributed by atoms with van der Waals surface area (Å²) in [6.07, 6.45) is 3.96. The lowest BCUT2D eigenvalue weighted by molar-refractivity contribution is -0.0395. The van der Waals surface area contributed by atoms with Gasteiger partial charge in [0.15, 0.2) is 0 Å². The minimum absolute atomic E-state index is 0.145. The van der Waals surface area contributed by atoms with Gasteiger partial charge in [0.1, 0.15) is 0 Å². The van der Waals surface area contributed by atoms with Gasteiger partial charge in [0, 0.05) is 5.41 Å².